The van der Waals surface area contributed by atoms with Crippen LogP contribution >= 0.6 is 0 Å². The van der Waals surface area contributed by atoms with E-state index in [1.807, 2.05) is 4.98 Å². The molecule has 0 spiro atoms. The van der Waals surface area contributed by atoms with Crippen molar-refractivity contribution in [1.29, 1.82) is 0 Å². The lowest BCUT2D eigenvalue weighted by Gasteiger charge is -1.95. The minimum absolute atomic E-state index is 0.316. The number of aromatic nitrogens is 2. The fourth-order valence-corrected chi connectivity index (χ4v) is 0.580. The molecular weight excluding hydrogens is 167 g/mol. The van der Waals surface area contributed by atoms with Gasteiger partial charge >= 0.3 is 5.97 Å². The van der Waals surface area contributed by atoms with Crippen molar-refractivity contribution >= 4 is 5.97 Å². The zero-order valence-corrected chi connectivity index (χ0v) is 6.13. The van der Waals surface area contributed by atoms with Gasteiger partial charge in [0.25, 0.3) is 5.56 Å². The predicted molar refractivity (Wildman–Crippen MR) is 36.2 cm³/mol. The molecule has 0 aliphatic carbocycles. The van der Waals surface area contributed by atoms with E-state index in [0.29, 0.717) is 6.20 Å². The lowest BCUT2D eigenvalue weighted by molar-refractivity contribution is 0.0586. The molecule has 0 atom stereocenters. The number of nitrogens with one attached hydrogen (secondary N) is 1. The smallest absolute Gasteiger partial charge is 0.374 e. The number of ether oxygens (including phenoxy) is 1. The van der Waals surface area contributed by atoms with Crippen LogP contribution in [0.3, 0.4) is 0 Å². The van der Waals surface area contributed by atoms with Crippen LogP contribution in [0.15, 0.2) is 11.0 Å². The molecule has 64 valence electrons. The van der Waals surface area contributed by atoms with E-state index >= 15 is 0 Å². The standard InChI is InChI=1S/C6H5FN2O3/c1-12-6(11)4-8-2-3(7)5(10)9-4/h2H,1H3,(H,8,9,10). The molecule has 0 radical (unpaired) electrons. The second-order valence-electron chi connectivity index (χ2n) is 1.90. The number of H-pyrrole nitrogens is 1. The van der Waals surface area contributed by atoms with E-state index in [9.17, 15) is 14.0 Å². The summed E-state index contributed by atoms with van der Waals surface area (Å²) in [5.41, 5.74) is -0.995. The Balaban J connectivity index is 3.13. The maximum atomic E-state index is 12.3. The number of esters is 1. The highest BCUT2D eigenvalue weighted by Gasteiger charge is 2.09. The van der Waals surface area contributed by atoms with Gasteiger partial charge in [0, 0.05) is 0 Å². The van der Waals surface area contributed by atoms with Crippen molar-refractivity contribution in [3.8, 4) is 0 Å². The molecule has 0 unspecified atom stereocenters. The zero-order valence-electron chi connectivity index (χ0n) is 6.13. The van der Waals surface area contributed by atoms with Crippen LogP contribution in [0.25, 0.3) is 0 Å². The van der Waals surface area contributed by atoms with Crippen molar-refractivity contribution in [2.24, 2.45) is 0 Å². The molecule has 1 aromatic rings. The Morgan fingerprint density at radius 1 is 1.75 bits per heavy atom. The summed E-state index contributed by atoms with van der Waals surface area (Å²) in [6, 6.07) is 0. The number of carbonyl (C=O) groups excluding carboxylic acids is 1. The minimum Gasteiger partial charge on any atom is -0.463 e. The zero-order chi connectivity index (χ0) is 9.14. The van der Waals surface area contributed by atoms with Crippen LogP contribution in [-0.2, 0) is 4.74 Å². The Morgan fingerprint density at radius 2 is 2.42 bits per heavy atom. The predicted octanol–water partition coefficient (Wildman–Crippen LogP) is -0.304. The van der Waals surface area contributed by atoms with Crippen LogP contribution in [0.2, 0.25) is 0 Å². The molecule has 0 bridgehead atoms. The van der Waals surface area contributed by atoms with Gasteiger partial charge in [-0.15, -0.1) is 0 Å². The normalized spacial score (nSPS) is 9.50. The summed E-state index contributed by atoms with van der Waals surface area (Å²) in [5, 5.41) is 0. The number of aromatic amines is 1. The van der Waals surface area contributed by atoms with Gasteiger partial charge in [0.1, 0.15) is 0 Å². The van der Waals surface area contributed by atoms with Crippen LogP contribution < -0.4 is 5.56 Å². The molecule has 0 saturated carbocycles. The first-order valence-corrected chi connectivity index (χ1v) is 2.98. The summed E-state index contributed by atoms with van der Waals surface area (Å²) in [6.07, 6.45) is 0.658. The number of methoxy groups -OCH3 is 1. The third-order valence-electron chi connectivity index (χ3n) is 1.13. The minimum atomic E-state index is -1.04. The summed E-state index contributed by atoms with van der Waals surface area (Å²) in [5.74, 6) is -2.17. The Hall–Kier alpha value is -1.72. The molecule has 1 aromatic heterocycles. The quantitative estimate of drug-likeness (QED) is 0.590. The molecule has 0 fully saturated rings. The molecule has 0 saturated heterocycles. The molecular formula is C6H5FN2O3. The largest absolute Gasteiger partial charge is 0.463 e. The third-order valence-corrected chi connectivity index (χ3v) is 1.13. The molecule has 0 aromatic carbocycles. The molecule has 5 nitrogen and oxygen atoms in total. The van der Waals surface area contributed by atoms with Gasteiger partial charge in [0.2, 0.25) is 11.6 Å². The Morgan fingerprint density at radius 3 is 2.92 bits per heavy atom. The Bertz CT molecular complexity index is 360. The fraction of sp³-hybridized carbons (Fsp3) is 0.167. The first-order chi connectivity index (χ1) is 5.65. The van der Waals surface area contributed by atoms with Gasteiger partial charge in [0.05, 0.1) is 13.3 Å². The Labute approximate surface area is 66.2 Å². The van der Waals surface area contributed by atoms with E-state index in [-0.39, 0.29) is 5.82 Å². The van der Waals surface area contributed by atoms with Gasteiger partial charge in [-0.25, -0.2) is 9.78 Å². The second-order valence-corrected chi connectivity index (χ2v) is 1.90. The molecule has 6 heteroatoms. The summed E-state index contributed by atoms with van der Waals surface area (Å²) in [7, 11) is 1.13. The van der Waals surface area contributed by atoms with E-state index in [1.54, 1.807) is 0 Å². The number of carbonyl (C=O) groups is 1. The lowest BCUT2D eigenvalue weighted by Crippen LogP contribution is -2.18. The van der Waals surface area contributed by atoms with Gasteiger partial charge < -0.3 is 4.74 Å². The summed E-state index contributed by atoms with van der Waals surface area (Å²) in [6.45, 7) is 0. The fourth-order valence-electron chi connectivity index (χ4n) is 0.580. The highest BCUT2D eigenvalue weighted by molar-refractivity contribution is 5.84. The van der Waals surface area contributed by atoms with E-state index in [0.717, 1.165) is 7.11 Å². The van der Waals surface area contributed by atoms with Crippen LogP contribution in [0.5, 0.6) is 0 Å². The number of nitrogens with zero attached hydrogens (tertiary/aromatic N) is 1. The number of halogens is 1. The molecule has 0 aliphatic heterocycles. The van der Waals surface area contributed by atoms with Crippen LogP contribution in [0.4, 0.5) is 4.39 Å². The maximum Gasteiger partial charge on any atom is 0.374 e. The van der Waals surface area contributed by atoms with Crippen molar-refractivity contribution < 1.29 is 13.9 Å². The van der Waals surface area contributed by atoms with Gasteiger partial charge in [-0.1, -0.05) is 0 Å². The molecule has 1 N–H and O–H groups in total. The van der Waals surface area contributed by atoms with E-state index < -0.39 is 17.3 Å². The van der Waals surface area contributed by atoms with Crippen LogP contribution in [-0.4, -0.2) is 23.0 Å². The average Bonchev–Trinajstić information content (AvgIpc) is 2.08. The van der Waals surface area contributed by atoms with Gasteiger partial charge in [-0.05, 0) is 0 Å². The van der Waals surface area contributed by atoms with E-state index in [1.165, 1.54) is 0 Å². The number of rotatable bonds is 1. The second kappa shape index (κ2) is 3.12. The van der Waals surface area contributed by atoms with Crippen LogP contribution in [0.1, 0.15) is 10.6 Å². The van der Waals surface area contributed by atoms with Crippen molar-refractivity contribution in [3.63, 3.8) is 0 Å². The first kappa shape index (κ1) is 8.38. The summed E-state index contributed by atoms with van der Waals surface area (Å²) in [4.78, 5) is 26.5. The topological polar surface area (TPSA) is 72.0 Å². The molecule has 0 amide bonds. The highest BCUT2D eigenvalue weighted by Crippen LogP contribution is 1.89. The van der Waals surface area contributed by atoms with Crippen LogP contribution in [0, 0.1) is 5.82 Å². The third kappa shape index (κ3) is 1.47. The van der Waals surface area contributed by atoms with Crippen molar-refractivity contribution in [1.82, 2.24) is 9.97 Å². The highest BCUT2D eigenvalue weighted by atomic mass is 19.1. The lowest BCUT2D eigenvalue weighted by atomic mass is 10.5. The molecule has 0 aliphatic rings. The van der Waals surface area contributed by atoms with Crippen molar-refractivity contribution in [3.05, 3.63) is 28.2 Å². The Kier molecular flexibility index (Phi) is 2.18. The van der Waals surface area contributed by atoms with Gasteiger partial charge in [-0.2, -0.15) is 4.39 Å². The molecule has 12 heavy (non-hydrogen) atoms. The average molecular weight is 172 g/mol. The first-order valence-electron chi connectivity index (χ1n) is 2.98. The van der Waals surface area contributed by atoms with Gasteiger partial charge in [-0.3, -0.25) is 9.78 Å². The molecule has 1 rings (SSSR count). The summed E-state index contributed by atoms with van der Waals surface area (Å²) < 4.78 is 16.5. The SMILES string of the molecule is COC(=O)c1ncc(F)c(=O)[nH]1. The van der Waals surface area contributed by atoms with Crippen molar-refractivity contribution in [2.75, 3.05) is 7.11 Å². The van der Waals surface area contributed by atoms with E-state index in [2.05, 4.69) is 9.72 Å². The number of hydrogen-bond donors (Lipinski definition) is 1. The van der Waals surface area contributed by atoms with Crippen molar-refractivity contribution in [2.45, 2.75) is 0 Å². The number of hydrogen-bond acceptors (Lipinski definition) is 4. The summed E-state index contributed by atoms with van der Waals surface area (Å²) >= 11 is 0. The van der Waals surface area contributed by atoms with Gasteiger partial charge in [0.15, 0.2) is 0 Å². The maximum absolute atomic E-state index is 12.3. The monoisotopic (exact) mass is 172 g/mol. The molecule has 1 heterocycles. The van der Waals surface area contributed by atoms with E-state index in [4.69, 9.17) is 0 Å².